The lowest BCUT2D eigenvalue weighted by atomic mass is 10.1. The van der Waals surface area contributed by atoms with Gasteiger partial charge in [0.2, 0.25) is 5.95 Å². The molecule has 0 saturated carbocycles. The smallest absolute Gasteiger partial charge is 0.255 e. The normalized spacial score (nSPS) is 15.0. The van der Waals surface area contributed by atoms with Crippen LogP contribution in [-0.2, 0) is 0 Å². The van der Waals surface area contributed by atoms with Gasteiger partial charge in [0.15, 0.2) is 0 Å². The van der Waals surface area contributed by atoms with Gasteiger partial charge in [-0.05, 0) is 91.9 Å². The second-order valence-corrected chi connectivity index (χ2v) is 7.83. The van der Waals surface area contributed by atoms with Gasteiger partial charge in [-0.1, -0.05) is 6.07 Å². The van der Waals surface area contributed by atoms with E-state index >= 15 is 0 Å². The van der Waals surface area contributed by atoms with Gasteiger partial charge in [-0.2, -0.15) is 0 Å². The van der Waals surface area contributed by atoms with Crippen LogP contribution in [0.15, 0.2) is 91.4 Å². The first kappa shape index (κ1) is 13.3. The number of hydrogen-bond acceptors (Lipinski definition) is 5. The van der Waals surface area contributed by atoms with Gasteiger partial charge in [-0.25, -0.2) is 9.97 Å². The van der Waals surface area contributed by atoms with Crippen LogP contribution < -0.4 is 10.6 Å². The lowest BCUT2D eigenvalue weighted by molar-refractivity contribution is 0.102. The first-order chi connectivity index (χ1) is 22.0. The minimum atomic E-state index is -0.717. The zero-order chi connectivity index (χ0) is 34.6. The van der Waals surface area contributed by atoms with Crippen molar-refractivity contribution in [2.45, 2.75) is 20.8 Å². The van der Waals surface area contributed by atoms with E-state index in [1.165, 1.54) is 25.1 Å². The molecular weight excluding hydrogens is 448 g/mol. The molecule has 0 fully saturated rings. The molecule has 0 atom stereocenters. The molecule has 0 aliphatic carbocycles. The Morgan fingerprint density at radius 2 is 1.92 bits per heavy atom. The standard InChI is InChI=1S/C29H26N6O/c1-19-9-12-35(18-19)25-14-20(2)13-24(16-25)32-28(36)22-7-6-21(3)27(15-22)34-29-31-11-8-26(33-29)23-5-4-10-30-17-23/h4-18H,1-3H3,(H,32,36)(H,31,33,34)/i4D,5D,8D,10D,11D,12D,13D,14D,16D,17D,18D. The highest BCUT2D eigenvalue weighted by atomic mass is 16.1. The summed E-state index contributed by atoms with van der Waals surface area (Å²) in [5, 5.41) is 5.45. The predicted octanol–water partition coefficient (Wildman–Crippen LogP) is 6.25. The largest absolute Gasteiger partial charge is 0.324 e. The molecular formula is C29H26N6O. The summed E-state index contributed by atoms with van der Waals surface area (Å²) in [7, 11) is 0. The number of amides is 1. The Hall–Kier alpha value is -4.78. The number of hydrogen-bond donors (Lipinski definition) is 2. The summed E-state index contributed by atoms with van der Waals surface area (Å²) in [4.78, 5) is 25.3. The molecule has 7 heteroatoms. The fourth-order valence-electron chi connectivity index (χ4n) is 3.29. The van der Waals surface area contributed by atoms with Crippen molar-refractivity contribution in [3.8, 4) is 16.9 Å². The first-order valence-corrected chi connectivity index (χ1v) is 10.8. The molecule has 3 aromatic heterocycles. The van der Waals surface area contributed by atoms with E-state index in [2.05, 4.69) is 25.6 Å². The number of aromatic nitrogens is 4. The highest BCUT2D eigenvalue weighted by molar-refractivity contribution is 6.05. The predicted molar refractivity (Wildman–Crippen MR) is 143 cm³/mol. The van der Waals surface area contributed by atoms with Crippen molar-refractivity contribution in [1.82, 2.24) is 19.5 Å². The highest BCUT2D eigenvalue weighted by Crippen LogP contribution is 2.24. The number of rotatable bonds is 6. The van der Waals surface area contributed by atoms with Gasteiger partial charge < -0.3 is 15.2 Å². The van der Waals surface area contributed by atoms with Crippen molar-refractivity contribution in [1.29, 1.82) is 0 Å². The Bertz CT molecular complexity index is 2130. The third-order valence-electron chi connectivity index (χ3n) is 5.03. The average molecular weight is 486 g/mol. The molecule has 3 heterocycles. The van der Waals surface area contributed by atoms with Crippen LogP contribution >= 0.6 is 0 Å². The zero-order valence-electron chi connectivity index (χ0n) is 30.5. The van der Waals surface area contributed by atoms with E-state index in [0.29, 0.717) is 16.8 Å². The topological polar surface area (TPSA) is 84.7 Å². The van der Waals surface area contributed by atoms with Crippen molar-refractivity contribution >= 4 is 23.2 Å². The zero-order valence-corrected chi connectivity index (χ0v) is 19.5. The average Bonchev–Trinajstić information content (AvgIpc) is 3.26. The Balaban J connectivity index is 1.52. The maximum Gasteiger partial charge on any atom is 0.255 e. The molecule has 5 aromatic rings. The number of aryl methyl sites for hydroxylation is 2. The Morgan fingerprint density at radius 3 is 2.75 bits per heavy atom. The van der Waals surface area contributed by atoms with Crippen LogP contribution in [0.1, 0.15) is 42.1 Å². The first-order valence-electron chi connectivity index (χ1n) is 16.3. The Labute approximate surface area is 225 Å². The second-order valence-electron chi connectivity index (χ2n) is 7.83. The molecule has 36 heavy (non-hydrogen) atoms. The number of carbonyl (C=O) groups excluding carboxylic acids is 1. The van der Waals surface area contributed by atoms with Crippen molar-refractivity contribution < 1.29 is 19.9 Å². The third kappa shape index (κ3) is 5.15. The van der Waals surface area contributed by atoms with E-state index in [-0.39, 0.29) is 64.1 Å². The number of carbonyl (C=O) groups is 1. The number of benzene rings is 2. The van der Waals surface area contributed by atoms with E-state index in [4.69, 9.17) is 15.1 Å². The summed E-state index contributed by atoms with van der Waals surface area (Å²) in [6.07, 6.45) is -1.92. The molecule has 0 radical (unpaired) electrons. The summed E-state index contributed by atoms with van der Waals surface area (Å²) in [6.45, 7) is 4.81. The van der Waals surface area contributed by atoms with Gasteiger partial charge in [-0.15, -0.1) is 0 Å². The molecule has 0 bridgehead atoms. The molecule has 0 aliphatic heterocycles. The van der Waals surface area contributed by atoms with Crippen molar-refractivity contribution in [3.63, 3.8) is 0 Å². The van der Waals surface area contributed by atoms with Gasteiger partial charge in [0.05, 0.1) is 20.8 Å². The lowest BCUT2D eigenvalue weighted by Crippen LogP contribution is -2.13. The molecule has 178 valence electrons. The van der Waals surface area contributed by atoms with E-state index in [1.807, 2.05) is 0 Å². The minimum Gasteiger partial charge on any atom is -0.324 e. The fourth-order valence-corrected chi connectivity index (χ4v) is 3.29. The molecule has 1 amide bonds. The molecule has 0 saturated heterocycles. The maximum atomic E-state index is 13.5. The molecule has 0 aliphatic rings. The Morgan fingerprint density at radius 1 is 1.03 bits per heavy atom. The van der Waals surface area contributed by atoms with Crippen LogP contribution in [0.4, 0.5) is 17.3 Å². The van der Waals surface area contributed by atoms with Crippen LogP contribution in [0.2, 0.25) is 0 Å². The van der Waals surface area contributed by atoms with E-state index in [9.17, 15) is 4.79 Å². The SMILES string of the molecule is [2H]c1nc(Nc2cc(C(=O)Nc3c([2H])c(C)c([2H])c(-n4c([2H])cc(C)c4[2H])c3[2H])ccc2C)nc(-c2c([2H])nc([2H])c([2H])c2[2H])c1[2H]. The van der Waals surface area contributed by atoms with Crippen molar-refractivity contribution in [3.05, 3.63) is 114 Å². The van der Waals surface area contributed by atoms with Crippen molar-refractivity contribution in [2.24, 2.45) is 0 Å². The molecule has 0 unspecified atom stereocenters. The van der Waals surface area contributed by atoms with Gasteiger partial charge in [-0.3, -0.25) is 9.78 Å². The minimum absolute atomic E-state index is 0.0737. The van der Waals surface area contributed by atoms with Crippen LogP contribution in [0.25, 0.3) is 16.9 Å². The van der Waals surface area contributed by atoms with Crippen molar-refractivity contribution in [2.75, 3.05) is 10.6 Å². The number of anilines is 3. The summed E-state index contributed by atoms with van der Waals surface area (Å²) in [5.41, 5.74) is 0.631. The quantitative estimate of drug-likeness (QED) is 0.297. The number of nitrogens with zero attached hydrogens (tertiary/aromatic N) is 4. The molecule has 5 rings (SSSR count). The third-order valence-corrected chi connectivity index (χ3v) is 5.03. The van der Waals surface area contributed by atoms with Gasteiger partial charge in [0.25, 0.3) is 5.91 Å². The summed E-state index contributed by atoms with van der Waals surface area (Å²) < 4.78 is 91.9. The maximum absolute atomic E-state index is 13.5. The summed E-state index contributed by atoms with van der Waals surface area (Å²) >= 11 is 0. The lowest BCUT2D eigenvalue weighted by Gasteiger charge is -2.13. The van der Waals surface area contributed by atoms with Crippen LogP contribution in [-0.4, -0.2) is 25.4 Å². The molecule has 2 N–H and O–H groups in total. The monoisotopic (exact) mass is 485 g/mol. The molecule has 0 spiro atoms. The van der Waals surface area contributed by atoms with Crippen LogP contribution in [0.3, 0.4) is 0 Å². The summed E-state index contributed by atoms with van der Waals surface area (Å²) in [6, 6.07) is 3.41. The van der Waals surface area contributed by atoms with E-state index in [0.717, 1.165) is 4.57 Å². The van der Waals surface area contributed by atoms with Crippen LogP contribution in [0, 0.1) is 20.8 Å². The van der Waals surface area contributed by atoms with E-state index in [1.54, 1.807) is 19.9 Å². The van der Waals surface area contributed by atoms with Crippen LogP contribution in [0.5, 0.6) is 0 Å². The molecule has 7 nitrogen and oxygen atoms in total. The summed E-state index contributed by atoms with van der Waals surface area (Å²) in [5.74, 6) is -0.930. The number of nitrogens with one attached hydrogen (secondary N) is 2. The highest BCUT2D eigenvalue weighted by Gasteiger charge is 2.12. The van der Waals surface area contributed by atoms with Gasteiger partial charge in [0, 0.05) is 59.1 Å². The fraction of sp³-hybridized carbons (Fsp3) is 0.103. The second kappa shape index (κ2) is 9.84. The van der Waals surface area contributed by atoms with Gasteiger partial charge in [0.1, 0.15) is 0 Å². The molecule has 2 aromatic carbocycles. The van der Waals surface area contributed by atoms with E-state index < -0.39 is 48.6 Å². The number of pyridine rings is 1. The van der Waals surface area contributed by atoms with Gasteiger partial charge >= 0.3 is 0 Å². The Kier molecular flexibility index (Phi) is 3.65.